The summed E-state index contributed by atoms with van der Waals surface area (Å²) < 4.78 is 34.0. The molecule has 9 nitrogen and oxygen atoms in total. The molecule has 0 spiro atoms. The quantitative estimate of drug-likeness (QED) is 0.116. The highest BCUT2D eigenvalue weighted by Gasteiger charge is 2.27. The monoisotopic (exact) mass is 809 g/mol. The first-order valence-electron chi connectivity index (χ1n) is 18.9. The lowest BCUT2D eigenvalue weighted by molar-refractivity contribution is 0.319. The Kier molecular flexibility index (Phi) is 18.6. The molecule has 0 aromatic heterocycles. The van der Waals surface area contributed by atoms with Gasteiger partial charge in [0.25, 0.3) is 0 Å². The molecule has 3 unspecified atom stereocenters. The summed E-state index contributed by atoms with van der Waals surface area (Å²) in [5.74, 6) is 5.51. The second kappa shape index (κ2) is 22.1. The molecule has 3 aliphatic heterocycles. The first-order valence-corrected chi connectivity index (χ1v) is 18.9. The molecule has 0 saturated heterocycles. The average Bonchev–Trinajstić information content (AvgIpc) is 3.18. The van der Waals surface area contributed by atoms with Crippen molar-refractivity contribution < 1.29 is 28.4 Å². The predicted octanol–water partition coefficient (Wildman–Crippen LogP) is 8.70. The maximum Gasteiger partial charge on any atom is 0.161 e. The molecule has 3 heterocycles. The normalized spacial score (nSPS) is 18.9. The smallest absolute Gasteiger partial charge is 0.161 e. The number of fused-ring (bicyclic) bond motifs is 3. The van der Waals surface area contributed by atoms with Crippen LogP contribution in [-0.4, -0.2) is 62.3 Å². The lowest BCUT2D eigenvalue weighted by Gasteiger charge is -2.31. The van der Waals surface area contributed by atoms with E-state index >= 15 is 0 Å². The third-order valence-electron chi connectivity index (χ3n) is 11.5. The van der Waals surface area contributed by atoms with Crippen LogP contribution in [0, 0.1) is 5.92 Å². The van der Waals surface area contributed by atoms with Gasteiger partial charge >= 0.3 is 0 Å². The molecule has 0 saturated carbocycles. The molecular formula is C42H62Cl3N3O6. The van der Waals surface area contributed by atoms with Gasteiger partial charge in [0.1, 0.15) is 0 Å². The van der Waals surface area contributed by atoms with Gasteiger partial charge in [0.15, 0.2) is 34.5 Å². The topological polar surface area (TPSA) is 91.5 Å². The molecule has 3 aromatic carbocycles. The highest BCUT2D eigenvalue weighted by atomic mass is 35.5. The van der Waals surface area contributed by atoms with E-state index in [0.29, 0.717) is 24.0 Å². The number of methoxy groups -OCH3 is 6. The SMILES string of the molecule is COc1cc2c(cc1OC)C(CCCCC(CCC1NCCc3cc(OC)c(OC)cc31)CCC1NCCc3cc(OC)c(OC)cc31)NCC2.Cl.Cl.Cl. The Morgan fingerprint density at radius 3 is 1.09 bits per heavy atom. The Bertz CT molecular complexity index is 1550. The van der Waals surface area contributed by atoms with Gasteiger partial charge in [0.2, 0.25) is 0 Å². The van der Waals surface area contributed by atoms with Crippen LogP contribution in [-0.2, 0) is 19.3 Å². The molecule has 12 heteroatoms. The second-order valence-corrected chi connectivity index (χ2v) is 14.3. The minimum Gasteiger partial charge on any atom is -0.493 e. The summed E-state index contributed by atoms with van der Waals surface area (Å²) in [5, 5.41) is 11.5. The highest BCUT2D eigenvalue weighted by molar-refractivity contribution is 5.86. The molecule has 54 heavy (non-hydrogen) atoms. The fourth-order valence-electron chi connectivity index (χ4n) is 8.70. The third-order valence-corrected chi connectivity index (χ3v) is 11.5. The van der Waals surface area contributed by atoms with Crippen LogP contribution in [0.25, 0.3) is 0 Å². The number of unbranched alkanes of at least 4 members (excludes halogenated alkanes) is 1. The standard InChI is InChI=1S/C42H59N3O6.3ClH/c1-46-37-21-28-15-18-43-34(31(28)24-40(37)49-4)10-8-7-9-27(11-13-35-32-25-41(50-5)38(47-2)22-29(32)16-19-44-35)12-14-36-33-26-42(51-6)39(48-3)23-30(33)17-20-45-36;;;/h21-27,34-36,43-45H,7-20H2,1-6H3;3*1H. The summed E-state index contributed by atoms with van der Waals surface area (Å²) in [4.78, 5) is 0. The highest BCUT2D eigenvalue weighted by Crippen LogP contribution is 2.41. The molecule has 3 aromatic rings. The lowest BCUT2D eigenvalue weighted by Crippen LogP contribution is -2.31. The van der Waals surface area contributed by atoms with Crippen molar-refractivity contribution in [3.05, 3.63) is 69.8 Å². The van der Waals surface area contributed by atoms with Crippen molar-refractivity contribution in [3.8, 4) is 34.5 Å². The van der Waals surface area contributed by atoms with Crippen molar-refractivity contribution in [1.82, 2.24) is 16.0 Å². The van der Waals surface area contributed by atoms with Crippen molar-refractivity contribution in [2.45, 2.75) is 88.8 Å². The van der Waals surface area contributed by atoms with Gasteiger partial charge in [0.05, 0.1) is 42.7 Å². The minimum atomic E-state index is 0. The van der Waals surface area contributed by atoms with Crippen molar-refractivity contribution >= 4 is 37.2 Å². The van der Waals surface area contributed by atoms with Crippen molar-refractivity contribution in [2.24, 2.45) is 5.92 Å². The summed E-state index contributed by atoms with van der Waals surface area (Å²) in [7, 11) is 10.3. The number of hydrogen-bond donors (Lipinski definition) is 3. The Morgan fingerprint density at radius 2 is 0.759 bits per heavy atom. The first kappa shape index (κ1) is 45.6. The number of benzene rings is 3. The molecule has 0 radical (unpaired) electrons. The van der Waals surface area contributed by atoms with Crippen LogP contribution in [0.5, 0.6) is 34.5 Å². The van der Waals surface area contributed by atoms with Gasteiger partial charge in [0, 0.05) is 18.1 Å². The molecule has 0 aliphatic carbocycles. The molecule has 0 bridgehead atoms. The number of hydrogen-bond acceptors (Lipinski definition) is 9. The van der Waals surface area contributed by atoms with E-state index in [1.54, 1.807) is 42.7 Å². The van der Waals surface area contributed by atoms with E-state index in [1.165, 1.54) is 65.5 Å². The van der Waals surface area contributed by atoms with Crippen LogP contribution in [0.4, 0.5) is 0 Å². The lowest BCUT2D eigenvalue weighted by atomic mass is 9.83. The number of halogens is 3. The van der Waals surface area contributed by atoms with Gasteiger partial charge in [-0.15, -0.1) is 37.2 Å². The summed E-state index contributed by atoms with van der Waals surface area (Å²) >= 11 is 0. The Labute approximate surface area is 341 Å². The minimum absolute atomic E-state index is 0. The van der Waals surface area contributed by atoms with E-state index in [4.69, 9.17) is 28.4 Å². The molecule has 3 N–H and O–H groups in total. The van der Waals surface area contributed by atoms with Crippen LogP contribution >= 0.6 is 37.2 Å². The fraction of sp³-hybridized carbons (Fsp3) is 0.571. The summed E-state index contributed by atoms with van der Waals surface area (Å²) in [5.41, 5.74) is 8.19. The zero-order valence-corrected chi connectivity index (χ0v) is 35.3. The molecule has 0 amide bonds. The molecule has 302 valence electrons. The van der Waals surface area contributed by atoms with Crippen molar-refractivity contribution in [3.63, 3.8) is 0 Å². The average molecular weight is 811 g/mol. The summed E-state index contributed by atoms with van der Waals surface area (Å²) in [6, 6.07) is 14.1. The molecule has 3 aliphatic rings. The van der Waals surface area contributed by atoms with Gasteiger partial charge < -0.3 is 44.4 Å². The fourth-order valence-corrected chi connectivity index (χ4v) is 8.70. The first-order chi connectivity index (χ1) is 25.0. The van der Waals surface area contributed by atoms with E-state index in [-0.39, 0.29) is 37.2 Å². The van der Waals surface area contributed by atoms with Crippen LogP contribution in [0.3, 0.4) is 0 Å². The zero-order valence-electron chi connectivity index (χ0n) is 32.8. The van der Waals surface area contributed by atoms with Gasteiger partial charge in [-0.3, -0.25) is 0 Å². The maximum absolute atomic E-state index is 5.71. The van der Waals surface area contributed by atoms with E-state index in [0.717, 1.165) is 92.7 Å². The van der Waals surface area contributed by atoms with E-state index < -0.39 is 0 Å². The van der Waals surface area contributed by atoms with Gasteiger partial charge in [-0.2, -0.15) is 0 Å². The second-order valence-electron chi connectivity index (χ2n) is 14.3. The number of rotatable bonds is 17. The van der Waals surface area contributed by atoms with E-state index in [2.05, 4.69) is 52.3 Å². The van der Waals surface area contributed by atoms with Crippen LogP contribution in [0.1, 0.15) is 103 Å². The molecule has 3 atom stereocenters. The van der Waals surface area contributed by atoms with E-state index in [1.807, 2.05) is 0 Å². The van der Waals surface area contributed by atoms with Crippen LogP contribution < -0.4 is 44.4 Å². The van der Waals surface area contributed by atoms with Crippen molar-refractivity contribution in [2.75, 3.05) is 62.3 Å². The summed E-state index contributed by atoms with van der Waals surface area (Å²) in [6.07, 6.45) is 12.3. The third kappa shape index (κ3) is 10.5. The van der Waals surface area contributed by atoms with Gasteiger partial charge in [-0.1, -0.05) is 19.3 Å². The van der Waals surface area contributed by atoms with E-state index in [9.17, 15) is 0 Å². The summed E-state index contributed by atoms with van der Waals surface area (Å²) in [6.45, 7) is 2.96. The largest absolute Gasteiger partial charge is 0.493 e. The molecular weight excluding hydrogens is 749 g/mol. The van der Waals surface area contributed by atoms with Gasteiger partial charge in [-0.25, -0.2) is 0 Å². The number of ether oxygens (including phenoxy) is 6. The predicted molar refractivity (Wildman–Crippen MR) is 224 cm³/mol. The van der Waals surface area contributed by atoms with Crippen molar-refractivity contribution in [1.29, 1.82) is 0 Å². The molecule has 6 rings (SSSR count). The molecule has 0 fully saturated rings. The van der Waals surface area contributed by atoms with Gasteiger partial charge in [-0.05, 0) is 147 Å². The Balaban J connectivity index is 0.00000261. The zero-order chi connectivity index (χ0) is 35.7. The van der Waals surface area contributed by atoms with Crippen LogP contribution in [0.15, 0.2) is 36.4 Å². The Morgan fingerprint density at radius 1 is 0.444 bits per heavy atom. The van der Waals surface area contributed by atoms with Crippen LogP contribution in [0.2, 0.25) is 0 Å². The number of nitrogens with one attached hydrogen (secondary N) is 3. The maximum atomic E-state index is 5.71. The Hall–Kier alpha value is -2.79.